The molecule has 0 aliphatic rings. The maximum Gasteiger partial charge on any atom is 0.254 e. The fourth-order valence-corrected chi connectivity index (χ4v) is 1.70. The van der Waals surface area contributed by atoms with Crippen LogP contribution in [-0.4, -0.2) is 32.3 Å². The topological polar surface area (TPSA) is 47.6 Å². The average Bonchev–Trinajstić information content (AvgIpc) is 2.42. The lowest BCUT2D eigenvalue weighted by Crippen LogP contribution is -2.42. The van der Waals surface area contributed by atoms with Crippen LogP contribution in [0.2, 0.25) is 0 Å². The molecule has 1 amide bonds. The zero-order chi connectivity index (χ0) is 15.1. The molecule has 5 heteroatoms. The highest BCUT2D eigenvalue weighted by Gasteiger charge is 2.19. The summed E-state index contributed by atoms with van der Waals surface area (Å²) < 4.78 is 24.1. The molecule has 0 saturated carbocycles. The summed E-state index contributed by atoms with van der Waals surface area (Å²) in [7, 11) is 1.45. The standard InChI is InChI=1S/C15H22FNO3/c1-5-20-9-14(10(2)3)17-15(18)12-7-6-11(19-4)8-13(12)16/h6-8,10,14H,5,9H2,1-4H3,(H,17,18). The van der Waals surface area contributed by atoms with Crippen molar-refractivity contribution in [1.82, 2.24) is 5.32 Å². The lowest BCUT2D eigenvalue weighted by atomic mass is 10.0. The van der Waals surface area contributed by atoms with Crippen LogP contribution in [-0.2, 0) is 4.74 Å². The Morgan fingerprint density at radius 1 is 1.40 bits per heavy atom. The second-order valence-corrected chi connectivity index (χ2v) is 4.83. The summed E-state index contributed by atoms with van der Waals surface area (Å²) in [5.74, 6) is -0.454. The SMILES string of the molecule is CCOCC(NC(=O)c1ccc(OC)cc1F)C(C)C. The van der Waals surface area contributed by atoms with Gasteiger partial charge in [-0.25, -0.2) is 4.39 Å². The molecule has 1 atom stereocenters. The zero-order valence-electron chi connectivity index (χ0n) is 12.4. The van der Waals surface area contributed by atoms with Gasteiger partial charge in [-0.05, 0) is 25.0 Å². The Morgan fingerprint density at radius 3 is 2.60 bits per heavy atom. The minimum absolute atomic E-state index is 0.00736. The van der Waals surface area contributed by atoms with Crippen molar-refractivity contribution in [3.05, 3.63) is 29.6 Å². The number of rotatable bonds is 7. The molecule has 1 rings (SSSR count). The highest BCUT2D eigenvalue weighted by atomic mass is 19.1. The fourth-order valence-electron chi connectivity index (χ4n) is 1.70. The summed E-state index contributed by atoms with van der Waals surface area (Å²) >= 11 is 0. The number of hydrogen-bond acceptors (Lipinski definition) is 3. The highest BCUT2D eigenvalue weighted by Crippen LogP contribution is 2.16. The molecular formula is C15H22FNO3. The predicted octanol–water partition coefficient (Wildman–Crippen LogP) is 2.63. The Balaban J connectivity index is 2.78. The van der Waals surface area contributed by atoms with Crippen LogP contribution in [0.5, 0.6) is 5.75 Å². The number of halogens is 1. The molecule has 20 heavy (non-hydrogen) atoms. The highest BCUT2D eigenvalue weighted by molar-refractivity contribution is 5.94. The predicted molar refractivity (Wildman–Crippen MR) is 75.5 cm³/mol. The van der Waals surface area contributed by atoms with Crippen molar-refractivity contribution in [2.45, 2.75) is 26.8 Å². The van der Waals surface area contributed by atoms with Gasteiger partial charge in [0.1, 0.15) is 11.6 Å². The molecule has 1 N–H and O–H groups in total. The Labute approximate surface area is 119 Å². The number of hydrogen-bond donors (Lipinski definition) is 1. The Morgan fingerprint density at radius 2 is 2.10 bits per heavy atom. The van der Waals surface area contributed by atoms with Crippen LogP contribution in [0.15, 0.2) is 18.2 Å². The van der Waals surface area contributed by atoms with E-state index in [1.807, 2.05) is 20.8 Å². The number of carbonyl (C=O) groups excluding carboxylic acids is 1. The molecule has 0 spiro atoms. The van der Waals surface area contributed by atoms with E-state index in [4.69, 9.17) is 9.47 Å². The fraction of sp³-hybridized carbons (Fsp3) is 0.533. The molecular weight excluding hydrogens is 261 g/mol. The summed E-state index contributed by atoms with van der Waals surface area (Å²) in [5, 5.41) is 2.80. The molecule has 4 nitrogen and oxygen atoms in total. The van der Waals surface area contributed by atoms with Gasteiger partial charge in [0.25, 0.3) is 5.91 Å². The number of nitrogens with one attached hydrogen (secondary N) is 1. The lowest BCUT2D eigenvalue weighted by Gasteiger charge is -2.22. The van der Waals surface area contributed by atoms with E-state index in [0.29, 0.717) is 19.0 Å². The first-order valence-electron chi connectivity index (χ1n) is 6.71. The van der Waals surface area contributed by atoms with Gasteiger partial charge >= 0.3 is 0 Å². The Kier molecular flexibility index (Phi) is 6.45. The monoisotopic (exact) mass is 283 g/mol. The molecule has 0 aromatic heterocycles. The summed E-state index contributed by atoms with van der Waals surface area (Å²) in [6.45, 7) is 6.85. The van der Waals surface area contributed by atoms with Crippen molar-refractivity contribution < 1.29 is 18.7 Å². The van der Waals surface area contributed by atoms with Crippen molar-refractivity contribution in [3.63, 3.8) is 0 Å². The van der Waals surface area contributed by atoms with Crippen LogP contribution in [0.25, 0.3) is 0 Å². The third-order valence-corrected chi connectivity index (χ3v) is 3.04. The van der Waals surface area contributed by atoms with E-state index in [-0.39, 0.29) is 17.5 Å². The van der Waals surface area contributed by atoms with E-state index in [2.05, 4.69) is 5.32 Å². The molecule has 0 heterocycles. The van der Waals surface area contributed by atoms with Gasteiger partial charge in [0.2, 0.25) is 0 Å². The van der Waals surface area contributed by atoms with Gasteiger partial charge in [0.15, 0.2) is 0 Å². The van der Waals surface area contributed by atoms with Crippen molar-refractivity contribution in [2.75, 3.05) is 20.3 Å². The van der Waals surface area contributed by atoms with E-state index in [1.54, 1.807) is 6.07 Å². The van der Waals surface area contributed by atoms with Gasteiger partial charge in [0, 0.05) is 12.7 Å². The first kappa shape index (κ1) is 16.4. The van der Waals surface area contributed by atoms with Gasteiger partial charge in [-0.3, -0.25) is 4.79 Å². The van der Waals surface area contributed by atoms with Gasteiger partial charge < -0.3 is 14.8 Å². The van der Waals surface area contributed by atoms with E-state index >= 15 is 0 Å². The second-order valence-electron chi connectivity index (χ2n) is 4.83. The van der Waals surface area contributed by atoms with Crippen LogP contribution in [0.3, 0.4) is 0 Å². The van der Waals surface area contributed by atoms with Crippen LogP contribution < -0.4 is 10.1 Å². The van der Waals surface area contributed by atoms with Gasteiger partial charge in [-0.2, -0.15) is 0 Å². The van der Waals surface area contributed by atoms with E-state index in [1.165, 1.54) is 19.2 Å². The second kappa shape index (κ2) is 7.85. The number of carbonyl (C=O) groups is 1. The number of methoxy groups -OCH3 is 1. The molecule has 112 valence electrons. The van der Waals surface area contributed by atoms with Crippen LogP contribution in [0, 0.1) is 11.7 Å². The molecule has 1 aromatic carbocycles. The summed E-state index contributed by atoms with van der Waals surface area (Å²) in [4.78, 5) is 12.1. The third kappa shape index (κ3) is 4.49. The minimum atomic E-state index is -0.597. The molecule has 0 aliphatic heterocycles. The molecule has 1 aromatic rings. The molecule has 0 bridgehead atoms. The van der Waals surface area contributed by atoms with Crippen LogP contribution >= 0.6 is 0 Å². The summed E-state index contributed by atoms with van der Waals surface area (Å²) in [6.07, 6.45) is 0. The lowest BCUT2D eigenvalue weighted by molar-refractivity contribution is 0.0803. The minimum Gasteiger partial charge on any atom is -0.497 e. The smallest absolute Gasteiger partial charge is 0.254 e. The largest absolute Gasteiger partial charge is 0.497 e. The van der Waals surface area contributed by atoms with Crippen molar-refractivity contribution in [3.8, 4) is 5.75 Å². The normalized spacial score (nSPS) is 12.3. The molecule has 0 fully saturated rings. The summed E-state index contributed by atoms with van der Waals surface area (Å²) in [5.41, 5.74) is 0.00736. The first-order valence-corrected chi connectivity index (χ1v) is 6.71. The van der Waals surface area contributed by atoms with E-state index in [0.717, 1.165) is 0 Å². The molecule has 0 aliphatic carbocycles. The van der Waals surface area contributed by atoms with Crippen molar-refractivity contribution >= 4 is 5.91 Å². The number of benzene rings is 1. The van der Waals surface area contributed by atoms with Gasteiger partial charge in [-0.1, -0.05) is 13.8 Å². The molecule has 0 saturated heterocycles. The van der Waals surface area contributed by atoms with Gasteiger partial charge in [0.05, 0.1) is 25.3 Å². The van der Waals surface area contributed by atoms with E-state index in [9.17, 15) is 9.18 Å². The zero-order valence-corrected chi connectivity index (χ0v) is 12.4. The quantitative estimate of drug-likeness (QED) is 0.837. The molecule has 0 radical (unpaired) electrons. The van der Waals surface area contributed by atoms with Crippen LogP contribution in [0.1, 0.15) is 31.1 Å². The Bertz CT molecular complexity index is 449. The first-order chi connectivity index (χ1) is 9.49. The third-order valence-electron chi connectivity index (χ3n) is 3.04. The van der Waals surface area contributed by atoms with Gasteiger partial charge in [-0.15, -0.1) is 0 Å². The van der Waals surface area contributed by atoms with E-state index < -0.39 is 11.7 Å². The maximum absolute atomic E-state index is 13.8. The van der Waals surface area contributed by atoms with Crippen molar-refractivity contribution in [2.24, 2.45) is 5.92 Å². The average molecular weight is 283 g/mol. The van der Waals surface area contributed by atoms with Crippen LogP contribution in [0.4, 0.5) is 4.39 Å². The number of amides is 1. The number of ether oxygens (including phenoxy) is 2. The maximum atomic E-state index is 13.8. The molecule has 1 unspecified atom stereocenters. The Hall–Kier alpha value is -1.62. The van der Waals surface area contributed by atoms with Crippen molar-refractivity contribution in [1.29, 1.82) is 0 Å². The summed E-state index contributed by atoms with van der Waals surface area (Å²) in [6, 6.07) is 4.03.